The number of fused-ring (bicyclic) bond motifs is 2. The van der Waals surface area contributed by atoms with Crippen LogP contribution in [0, 0.1) is 0 Å². The molecule has 0 amide bonds. The van der Waals surface area contributed by atoms with E-state index in [4.69, 9.17) is 23.4 Å². The third kappa shape index (κ3) is 4.55. The highest BCUT2D eigenvalue weighted by atomic mass is 16.6. The van der Waals surface area contributed by atoms with Crippen LogP contribution in [0.15, 0.2) is 39.1 Å². The summed E-state index contributed by atoms with van der Waals surface area (Å²) < 4.78 is 28.4. The first-order chi connectivity index (χ1) is 18.0. The van der Waals surface area contributed by atoms with E-state index in [1.807, 2.05) is 6.08 Å². The molecule has 204 valence electrons. The van der Waals surface area contributed by atoms with Crippen LogP contribution in [0.2, 0.25) is 0 Å². The molecule has 0 unspecified atom stereocenters. The molecule has 0 aliphatic carbocycles. The molecule has 0 saturated heterocycles. The number of aliphatic hydroxyl groups is 2. The van der Waals surface area contributed by atoms with Crippen molar-refractivity contribution in [3.05, 3.63) is 51.2 Å². The Morgan fingerprint density at radius 2 is 1.79 bits per heavy atom. The number of hydrogen-bond acceptors (Lipinski definition) is 10. The average Bonchev–Trinajstić information content (AvgIpc) is 3.26. The van der Waals surface area contributed by atoms with Gasteiger partial charge in [0, 0.05) is 24.3 Å². The zero-order valence-corrected chi connectivity index (χ0v) is 22.1. The molecule has 4 rings (SSSR count). The number of hydrogen-bond donors (Lipinski definition) is 4. The van der Waals surface area contributed by atoms with E-state index in [-0.39, 0.29) is 34.8 Å². The van der Waals surface area contributed by atoms with Gasteiger partial charge in [0.2, 0.25) is 16.9 Å². The quantitative estimate of drug-likeness (QED) is 0.320. The van der Waals surface area contributed by atoms with Crippen molar-refractivity contribution in [3.63, 3.8) is 0 Å². The molecule has 0 bridgehead atoms. The topological polar surface area (TPSA) is 148 Å². The van der Waals surface area contributed by atoms with Gasteiger partial charge in [-0.15, -0.1) is 0 Å². The lowest BCUT2D eigenvalue weighted by Crippen LogP contribution is -2.42. The maximum atomic E-state index is 13.4. The third-order valence-corrected chi connectivity index (χ3v) is 6.61. The van der Waals surface area contributed by atoms with Gasteiger partial charge in [0.25, 0.3) is 0 Å². The Morgan fingerprint density at radius 1 is 1.11 bits per heavy atom. The number of rotatable bonds is 8. The molecular formula is C28H32O10. The van der Waals surface area contributed by atoms with E-state index < -0.39 is 34.7 Å². The van der Waals surface area contributed by atoms with Crippen LogP contribution in [0.1, 0.15) is 38.0 Å². The van der Waals surface area contributed by atoms with Gasteiger partial charge in [0.05, 0.1) is 26.4 Å². The van der Waals surface area contributed by atoms with Gasteiger partial charge in [0.1, 0.15) is 22.8 Å². The third-order valence-electron chi connectivity index (χ3n) is 6.61. The molecule has 4 N–H and O–H groups in total. The highest BCUT2D eigenvalue weighted by Crippen LogP contribution is 2.48. The molecule has 3 aromatic rings. The van der Waals surface area contributed by atoms with Crippen molar-refractivity contribution in [2.24, 2.45) is 0 Å². The van der Waals surface area contributed by atoms with Gasteiger partial charge >= 0.3 is 0 Å². The first-order valence-electron chi connectivity index (χ1n) is 12.0. The van der Waals surface area contributed by atoms with Gasteiger partial charge in [-0.05, 0) is 44.9 Å². The Hall–Kier alpha value is -3.73. The largest absolute Gasteiger partial charge is 0.504 e. The molecule has 0 spiro atoms. The Morgan fingerprint density at radius 3 is 2.37 bits per heavy atom. The fourth-order valence-electron chi connectivity index (χ4n) is 4.68. The Balaban J connectivity index is 2.01. The number of ether oxygens (including phenoxy) is 4. The van der Waals surface area contributed by atoms with E-state index in [9.17, 15) is 25.2 Å². The smallest absolute Gasteiger partial charge is 0.239 e. The number of methoxy groups -OCH3 is 3. The molecule has 1 aliphatic rings. The lowest BCUT2D eigenvalue weighted by Gasteiger charge is -2.29. The minimum Gasteiger partial charge on any atom is -0.504 e. The molecule has 0 radical (unpaired) electrons. The van der Waals surface area contributed by atoms with Crippen molar-refractivity contribution in [2.45, 2.75) is 45.0 Å². The number of phenolic OH excluding ortho intramolecular Hbond substituents is 2. The second-order valence-corrected chi connectivity index (χ2v) is 9.76. The summed E-state index contributed by atoms with van der Waals surface area (Å²) in [4.78, 5) is 13.4. The minimum atomic E-state index is -1.24. The highest BCUT2D eigenvalue weighted by Gasteiger charge is 2.45. The van der Waals surface area contributed by atoms with Crippen LogP contribution in [-0.2, 0) is 11.2 Å². The number of benzene rings is 2. The Kier molecular flexibility index (Phi) is 7.33. The van der Waals surface area contributed by atoms with Crippen molar-refractivity contribution in [1.82, 2.24) is 0 Å². The molecule has 10 heteroatoms. The van der Waals surface area contributed by atoms with E-state index in [0.29, 0.717) is 28.9 Å². The normalized spacial score (nSPS) is 17.4. The first kappa shape index (κ1) is 27.3. The van der Waals surface area contributed by atoms with Crippen molar-refractivity contribution < 1.29 is 43.8 Å². The van der Waals surface area contributed by atoms with Gasteiger partial charge in [-0.3, -0.25) is 4.79 Å². The van der Waals surface area contributed by atoms with Crippen LogP contribution < -0.4 is 19.6 Å². The SMILES string of the molecule is COc1c(O)cc2oc(-c3cc(CC=C(C)CO)c4c(c3)[C@H](OC)[C@@H](C(C)(C)O)O4)c(OC)c(=O)c2c1O. The fraction of sp³-hybridized carbons (Fsp3) is 0.393. The maximum absolute atomic E-state index is 13.4. The summed E-state index contributed by atoms with van der Waals surface area (Å²) in [6.45, 7) is 4.94. The van der Waals surface area contributed by atoms with E-state index in [1.54, 1.807) is 32.9 Å². The molecule has 1 aromatic heterocycles. The van der Waals surface area contributed by atoms with Crippen molar-refractivity contribution >= 4 is 11.0 Å². The van der Waals surface area contributed by atoms with E-state index >= 15 is 0 Å². The molecular weight excluding hydrogens is 496 g/mol. The number of aromatic hydroxyl groups is 2. The molecule has 0 saturated carbocycles. The number of phenols is 2. The summed E-state index contributed by atoms with van der Waals surface area (Å²) in [5.74, 6) is -0.818. The first-order valence-corrected chi connectivity index (χ1v) is 12.0. The van der Waals surface area contributed by atoms with Crippen LogP contribution in [-0.4, -0.2) is 60.1 Å². The standard InChI is InChI=1S/C28H32O10/c1-13(12-29)7-8-14-9-15(10-16-22(14)38-27(24(16)34-4)28(2,3)33)23-26(36-6)21(32)19-18(37-23)11-17(30)25(35-5)20(19)31/h7,9-11,24,27,29-31,33H,8,12H2,1-6H3/t24-,27-/m0/s1. The van der Waals surface area contributed by atoms with Gasteiger partial charge in [-0.25, -0.2) is 0 Å². The van der Waals surface area contributed by atoms with Crippen LogP contribution in [0.5, 0.6) is 28.7 Å². The van der Waals surface area contributed by atoms with E-state index in [2.05, 4.69) is 0 Å². The minimum absolute atomic E-state index is 0.0578. The zero-order valence-electron chi connectivity index (χ0n) is 22.1. The van der Waals surface area contributed by atoms with Crippen molar-refractivity contribution in [1.29, 1.82) is 0 Å². The Bertz CT molecular complexity index is 1460. The summed E-state index contributed by atoms with van der Waals surface area (Å²) in [5, 5.41) is 40.9. The van der Waals surface area contributed by atoms with Crippen molar-refractivity contribution in [3.8, 4) is 40.1 Å². The van der Waals surface area contributed by atoms with E-state index in [0.717, 1.165) is 5.57 Å². The highest BCUT2D eigenvalue weighted by molar-refractivity contribution is 5.91. The van der Waals surface area contributed by atoms with Gasteiger partial charge in [-0.2, -0.15) is 0 Å². The predicted octanol–water partition coefficient (Wildman–Crippen LogP) is 3.59. The van der Waals surface area contributed by atoms with E-state index in [1.165, 1.54) is 27.4 Å². The van der Waals surface area contributed by atoms with Crippen molar-refractivity contribution in [2.75, 3.05) is 27.9 Å². The summed E-state index contributed by atoms with van der Waals surface area (Å²) in [6, 6.07) is 4.68. The molecule has 1 aliphatic heterocycles. The lowest BCUT2D eigenvalue weighted by atomic mass is 9.92. The van der Waals surface area contributed by atoms with Gasteiger partial charge in [0.15, 0.2) is 23.4 Å². The van der Waals surface area contributed by atoms with Gasteiger partial charge in [-0.1, -0.05) is 11.6 Å². The van der Waals surface area contributed by atoms with Crippen LogP contribution >= 0.6 is 0 Å². The maximum Gasteiger partial charge on any atom is 0.239 e. The van der Waals surface area contributed by atoms with Gasteiger partial charge < -0.3 is 43.8 Å². The summed E-state index contributed by atoms with van der Waals surface area (Å²) in [6.07, 6.45) is 0.864. The molecule has 2 atom stereocenters. The lowest BCUT2D eigenvalue weighted by molar-refractivity contribution is -0.0883. The zero-order chi connectivity index (χ0) is 27.9. The molecule has 10 nitrogen and oxygen atoms in total. The summed E-state index contributed by atoms with van der Waals surface area (Å²) >= 11 is 0. The second kappa shape index (κ2) is 10.2. The van der Waals surface area contributed by atoms with Crippen LogP contribution in [0.3, 0.4) is 0 Å². The van der Waals surface area contributed by atoms with Crippen LogP contribution in [0.4, 0.5) is 0 Å². The monoisotopic (exact) mass is 528 g/mol. The molecule has 2 aromatic carbocycles. The Labute approximate surface area is 219 Å². The summed E-state index contributed by atoms with van der Waals surface area (Å²) in [7, 11) is 4.07. The molecule has 2 heterocycles. The fourth-order valence-corrected chi connectivity index (χ4v) is 4.68. The molecule has 0 fully saturated rings. The van der Waals surface area contributed by atoms with Crippen LogP contribution in [0.25, 0.3) is 22.3 Å². The number of aliphatic hydroxyl groups excluding tert-OH is 1. The molecule has 38 heavy (non-hydrogen) atoms. The second-order valence-electron chi connectivity index (χ2n) is 9.76. The predicted molar refractivity (Wildman–Crippen MR) is 139 cm³/mol. The summed E-state index contributed by atoms with van der Waals surface area (Å²) in [5.41, 5.74) is 0.549. The average molecular weight is 529 g/mol. The number of allylic oxidation sites excluding steroid dienone is 1.